The van der Waals surface area contributed by atoms with Gasteiger partial charge in [-0.1, -0.05) is 0 Å². The van der Waals surface area contributed by atoms with Crippen LogP contribution in [-0.4, -0.2) is 36.3 Å². The molecule has 0 spiro atoms. The van der Waals surface area contributed by atoms with E-state index in [0.29, 0.717) is 11.4 Å². The molecule has 0 unspecified atom stereocenters. The predicted molar refractivity (Wildman–Crippen MR) is 66.8 cm³/mol. The van der Waals surface area contributed by atoms with E-state index in [2.05, 4.69) is 4.98 Å². The summed E-state index contributed by atoms with van der Waals surface area (Å²) in [6.45, 7) is 2.42. The van der Waals surface area contributed by atoms with Crippen molar-refractivity contribution in [2.45, 2.75) is 13.3 Å². The van der Waals surface area contributed by atoms with Gasteiger partial charge in [-0.3, -0.25) is 4.79 Å². The van der Waals surface area contributed by atoms with Crippen LogP contribution in [0.2, 0.25) is 0 Å². The summed E-state index contributed by atoms with van der Waals surface area (Å²) in [5.74, 6) is 0.00646. The summed E-state index contributed by atoms with van der Waals surface area (Å²) in [5.41, 5.74) is 6.25. The van der Waals surface area contributed by atoms with Crippen LogP contribution in [0.5, 0.6) is 0 Å². The minimum Gasteiger partial charge on any atom is -0.383 e. The number of ketones is 1. The molecule has 0 saturated heterocycles. The van der Waals surface area contributed by atoms with Gasteiger partial charge in [0.05, 0.1) is 15.6 Å². The van der Waals surface area contributed by atoms with Gasteiger partial charge in [0.2, 0.25) is 0 Å². The van der Waals surface area contributed by atoms with E-state index < -0.39 is 0 Å². The molecule has 2 N–H and O–H groups in total. The van der Waals surface area contributed by atoms with Gasteiger partial charge in [0.25, 0.3) is 0 Å². The number of hydrogen-bond donors (Lipinski definition) is 1. The number of allylic oxidation sites excluding steroid dienone is 1. The molecule has 5 heteroatoms. The molecule has 0 atom stereocenters. The first-order chi connectivity index (χ1) is 7.54. The number of nitrogens with two attached hydrogens (primary N) is 1. The molecule has 1 rings (SSSR count). The van der Waals surface area contributed by atoms with E-state index in [4.69, 9.17) is 5.73 Å². The Morgan fingerprint density at radius 1 is 1.56 bits per heavy atom. The topological polar surface area (TPSA) is 59.2 Å². The number of carbonyl (C=O) groups excluding carboxylic acids is 1. The Balaban J connectivity index is 2.83. The van der Waals surface area contributed by atoms with E-state index in [1.54, 1.807) is 12.3 Å². The molecule has 0 aromatic carbocycles. The maximum Gasteiger partial charge on any atom is 0.199 e. The summed E-state index contributed by atoms with van der Waals surface area (Å²) in [6, 6.07) is 0. The average Bonchev–Trinajstić information content (AvgIpc) is 2.56. The third-order valence-electron chi connectivity index (χ3n) is 1.95. The quantitative estimate of drug-likeness (QED) is 0.620. The Morgan fingerprint density at radius 3 is 2.81 bits per heavy atom. The molecular weight excluding hydrogens is 222 g/mol. The molecule has 1 heterocycles. The van der Waals surface area contributed by atoms with Crippen molar-refractivity contribution in [2.75, 3.05) is 20.6 Å². The SMILES string of the molecule is Cc1nc(CCN)sc1C(=O)C=CN(C)C. The monoisotopic (exact) mass is 239 g/mol. The first-order valence-electron chi connectivity index (χ1n) is 5.10. The second-order valence-corrected chi connectivity index (χ2v) is 4.79. The Labute approximate surface area is 99.8 Å². The van der Waals surface area contributed by atoms with Gasteiger partial charge in [-0.25, -0.2) is 4.98 Å². The second-order valence-electron chi connectivity index (χ2n) is 3.70. The van der Waals surface area contributed by atoms with Crippen LogP contribution in [0.4, 0.5) is 0 Å². The molecular formula is C11H17N3OS. The van der Waals surface area contributed by atoms with Crippen molar-refractivity contribution in [3.63, 3.8) is 0 Å². The number of thiazole rings is 1. The van der Waals surface area contributed by atoms with Crippen LogP contribution < -0.4 is 5.73 Å². The zero-order valence-corrected chi connectivity index (χ0v) is 10.7. The van der Waals surface area contributed by atoms with Gasteiger partial charge in [-0.05, 0) is 13.5 Å². The Hall–Kier alpha value is -1.20. The van der Waals surface area contributed by atoms with Gasteiger partial charge in [0.1, 0.15) is 0 Å². The van der Waals surface area contributed by atoms with Crippen LogP contribution in [0.15, 0.2) is 12.3 Å². The summed E-state index contributed by atoms with van der Waals surface area (Å²) < 4.78 is 0. The normalized spacial score (nSPS) is 11.0. The predicted octanol–water partition coefficient (Wildman–Crippen LogP) is 1.21. The number of carbonyl (C=O) groups is 1. The molecule has 0 aliphatic rings. The zero-order chi connectivity index (χ0) is 12.1. The van der Waals surface area contributed by atoms with Crippen molar-refractivity contribution in [1.82, 2.24) is 9.88 Å². The van der Waals surface area contributed by atoms with E-state index in [1.165, 1.54) is 11.3 Å². The molecule has 1 aromatic rings. The Morgan fingerprint density at radius 2 is 2.25 bits per heavy atom. The van der Waals surface area contributed by atoms with Crippen molar-refractivity contribution < 1.29 is 4.79 Å². The van der Waals surface area contributed by atoms with Crippen LogP contribution in [0.3, 0.4) is 0 Å². The van der Waals surface area contributed by atoms with Gasteiger partial charge in [-0.2, -0.15) is 0 Å². The third kappa shape index (κ3) is 3.43. The Bertz CT molecular complexity index is 396. The smallest absolute Gasteiger partial charge is 0.199 e. The van der Waals surface area contributed by atoms with Crippen LogP contribution in [-0.2, 0) is 6.42 Å². The van der Waals surface area contributed by atoms with Crippen molar-refractivity contribution in [3.8, 4) is 0 Å². The highest BCUT2D eigenvalue weighted by atomic mass is 32.1. The lowest BCUT2D eigenvalue weighted by molar-refractivity contribution is 0.104. The maximum atomic E-state index is 11.8. The van der Waals surface area contributed by atoms with E-state index in [9.17, 15) is 4.79 Å². The fourth-order valence-electron chi connectivity index (χ4n) is 1.20. The van der Waals surface area contributed by atoms with Gasteiger partial charge < -0.3 is 10.6 Å². The number of aromatic nitrogens is 1. The molecule has 0 aliphatic heterocycles. The molecule has 0 aliphatic carbocycles. The number of aryl methyl sites for hydroxylation is 1. The second kappa shape index (κ2) is 5.77. The largest absolute Gasteiger partial charge is 0.383 e. The van der Waals surface area contributed by atoms with Crippen molar-refractivity contribution in [2.24, 2.45) is 5.73 Å². The fourth-order valence-corrected chi connectivity index (χ4v) is 2.20. The zero-order valence-electron chi connectivity index (χ0n) is 9.86. The van der Waals surface area contributed by atoms with Crippen molar-refractivity contribution >= 4 is 17.1 Å². The maximum absolute atomic E-state index is 11.8. The van der Waals surface area contributed by atoms with Gasteiger partial charge in [0.15, 0.2) is 5.78 Å². The standard InChI is InChI=1S/C11H17N3OS/c1-8-11(9(15)5-7-14(2)3)16-10(13-8)4-6-12/h5,7H,4,6,12H2,1-3H3. The van der Waals surface area contributed by atoms with Crippen molar-refractivity contribution in [3.05, 3.63) is 27.9 Å². The van der Waals surface area contributed by atoms with Crippen LogP contribution in [0.1, 0.15) is 20.4 Å². The lowest BCUT2D eigenvalue weighted by atomic mass is 10.3. The summed E-state index contributed by atoms with van der Waals surface area (Å²) in [6.07, 6.45) is 4.03. The summed E-state index contributed by atoms with van der Waals surface area (Å²) in [5, 5.41) is 0.932. The average molecular weight is 239 g/mol. The summed E-state index contributed by atoms with van der Waals surface area (Å²) in [7, 11) is 3.76. The van der Waals surface area contributed by atoms with Gasteiger partial charge in [-0.15, -0.1) is 11.3 Å². The third-order valence-corrected chi connectivity index (χ3v) is 3.18. The first-order valence-corrected chi connectivity index (χ1v) is 5.91. The number of nitrogens with zero attached hydrogens (tertiary/aromatic N) is 2. The minimum absolute atomic E-state index is 0.00646. The fraction of sp³-hybridized carbons (Fsp3) is 0.455. The summed E-state index contributed by atoms with van der Waals surface area (Å²) in [4.78, 5) is 18.7. The molecule has 0 saturated carbocycles. The molecule has 0 radical (unpaired) electrons. The minimum atomic E-state index is 0.00646. The van der Waals surface area contributed by atoms with E-state index in [1.807, 2.05) is 25.9 Å². The number of hydrogen-bond acceptors (Lipinski definition) is 5. The van der Waals surface area contributed by atoms with Crippen molar-refractivity contribution in [1.29, 1.82) is 0 Å². The highest BCUT2D eigenvalue weighted by Gasteiger charge is 2.12. The lowest BCUT2D eigenvalue weighted by Crippen LogP contribution is -2.02. The molecule has 0 fully saturated rings. The molecule has 0 amide bonds. The summed E-state index contributed by atoms with van der Waals surface area (Å²) >= 11 is 1.43. The van der Waals surface area contributed by atoms with E-state index in [0.717, 1.165) is 17.1 Å². The molecule has 88 valence electrons. The van der Waals surface area contributed by atoms with E-state index in [-0.39, 0.29) is 5.78 Å². The highest BCUT2D eigenvalue weighted by Crippen LogP contribution is 2.19. The molecule has 0 bridgehead atoms. The van der Waals surface area contributed by atoms with E-state index >= 15 is 0 Å². The Kier molecular flexibility index (Phi) is 4.64. The van der Waals surface area contributed by atoms with Gasteiger partial charge >= 0.3 is 0 Å². The number of rotatable bonds is 5. The van der Waals surface area contributed by atoms with Crippen LogP contribution in [0, 0.1) is 6.92 Å². The first kappa shape index (κ1) is 12.9. The van der Waals surface area contributed by atoms with Crippen LogP contribution >= 0.6 is 11.3 Å². The van der Waals surface area contributed by atoms with Gasteiger partial charge in [0, 0.05) is 32.8 Å². The molecule has 1 aromatic heterocycles. The lowest BCUT2D eigenvalue weighted by Gasteiger charge is -2.01. The molecule has 4 nitrogen and oxygen atoms in total. The molecule has 16 heavy (non-hydrogen) atoms. The highest BCUT2D eigenvalue weighted by molar-refractivity contribution is 7.14. The van der Waals surface area contributed by atoms with Crippen LogP contribution in [0.25, 0.3) is 0 Å².